The molecule has 1 amide bonds. The number of hydrogen-bond acceptors (Lipinski definition) is 6. The van der Waals surface area contributed by atoms with Crippen LogP contribution in [-0.2, 0) is 24.1 Å². The van der Waals surface area contributed by atoms with Crippen LogP contribution in [0, 0.1) is 0 Å². The van der Waals surface area contributed by atoms with E-state index < -0.39 is 5.60 Å². The lowest BCUT2D eigenvalue weighted by molar-refractivity contribution is 0.0221. The predicted molar refractivity (Wildman–Crippen MR) is 136 cm³/mol. The molecule has 2 N–H and O–H groups in total. The van der Waals surface area contributed by atoms with Crippen molar-refractivity contribution in [1.82, 2.24) is 24.8 Å². The van der Waals surface area contributed by atoms with E-state index in [4.69, 9.17) is 14.7 Å². The highest BCUT2D eigenvalue weighted by atomic mass is 16.6. The summed E-state index contributed by atoms with van der Waals surface area (Å²) in [6.07, 6.45) is 6.75. The van der Waals surface area contributed by atoms with Crippen molar-refractivity contribution in [2.24, 2.45) is 0 Å². The summed E-state index contributed by atoms with van der Waals surface area (Å²) in [7, 11) is 0. The predicted octanol–water partition coefficient (Wildman–Crippen LogP) is 4.97. The summed E-state index contributed by atoms with van der Waals surface area (Å²) in [6, 6.07) is 12.1. The van der Waals surface area contributed by atoms with Crippen molar-refractivity contribution in [3.8, 4) is 11.4 Å². The number of carbonyl (C=O) groups excluding carboxylic acids is 1. The molecule has 0 spiro atoms. The summed E-state index contributed by atoms with van der Waals surface area (Å²) in [5.74, 6) is 1.41. The second-order valence-electron chi connectivity index (χ2n) is 9.75. The van der Waals surface area contributed by atoms with Crippen LogP contribution in [0.25, 0.3) is 22.3 Å². The van der Waals surface area contributed by atoms with E-state index in [0.717, 1.165) is 41.1 Å². The Morgan fingerprint density at radius 2 is 2.03 bits per heavy atom. The first-order valence-corrected chi connectivity index (χ1v) is 11.9. The Morgan fingerprint density at radius 1 is 1.17 bits per heavy atom. The first-order chi connectivity index (χ1) is 16.9. The summed E-state index contributed by atoms with van der Waals surface area (Å²) in [5, 5.41) is 4.79. The van der Waals surface area contributed by atoms with Gasteiger partial charge in [0.25, 0.3) is 0 Å². The Balaban J connectivity index is 1.40. The van der Waals surface area contributed by atoms with E-state index in [2.05, 4.69) is 39.7 Å². The molecule has 35 heavy (non-hydrogen) atoms. The third kappa shape index (κ3) is 5.11. The highest BCUT2D eigenvalue weighted by molar-refractivity contribution is 5.83. The molecule has 0 radical (unpaired) electrons. The fraction of sp³-hybridized carbons (Fsp3) is 0.333. The number of pyridine rings is 1. The van der Waals surface area contributed by atoms with E-state index in [1.807, 2.05) is 39.0 Å². The van der Waals surface area contributed by atoms with E-state index in [0.29, 0.717) is 25.3 Å². The highest BCUT2D eigenvalue weighted by Crippen LogP contribution is 2.28. The average molecular weight is 471 g/mol. The molecule has 0 fully saturated rings. The zero-order valence-corrected chi connectivity index (χ0v) is 20.3. The summed E-state index contributed by atoms with van der Waals surface area (Å²) in [6.45, 7) is 7.31. The molecule has 8 heteroatoms. The lowest BCUT2D eigenvalue weighted by atomic mass is 10.0. The van der Waals surface area contributed by atoms with Gasteiger partial charge in [-0.15, -0.1) is 0 Å². The van der Waals surface area contributed by atoms with Gasteiger partial charge in [-0.3, -0.25) is 4.98 Å². The number of carbonyl (C=O) groups is 1. The SMILES string of the molecule is CC(C)(C)OC(=O)N1CCc2c(nc(-c3cccnc3)nc2NCCc2c[nH]c3ccccc23)C1. The number of nitrogens with one attached hydrogen (secondary N) is 2. The third-order valence-electron chi connectivity index (χ3n) is 6.00. The molecule has 0 saturated heterocycles. The molecule has 0 unspecified atom stereocenters. The average Bonchev–Trinajstić information content (AvgIpc) is 3.26. The minimum Gasteiger partial charge on any atom is -0.444 e. The molecule has 1 aromatic carbocycles. The number of rotatable bonds is 5. The molecule has 180 valence electrons. The Kier molecular flexibility index (Phi) is 6.11. The number of hydrogen-bond donors (Lipinski definition) is 2. The number of aromatic amines is 1. The van der Waals surface area contributed by atoms with Gasteiger partial charge in [-0.25, -0.2) is 14.8 Å². The monoisotopic (exact) mass is 470 g/mol. The molecular formula is C27H30N6O2. The number of anilines is 1. The maximum absolute atomic E-state index is 12.7. The van der Waals surface area contributed by atoms with Crippen LogP contribution in [0.4, 0.5) is 10.6 Å². The van der Waals surface area contributed by atoms with E-state index in [-0.39, 0.29) is 6.09 Å². The van der Waals surface area contributed by atoms with Crippen LogP contribution in [-0.4, -0.2) is 49.6 Å². The number of aromatic nitrogens is 4. The van der Waals surface area contributed by atoms with Crippen LogP contribution in [0.3, 0.4) is 0 Å². The Hall–Kier alpha value is -3.94. The summed E-state index contributed by atoms with van der Waals surface area (Å²) in [4.78, 5) is 31.7. The molecule has 1 aliphatic heterocycles. The van der Waals surface area contributed by atoms with Crippen LogP contribution in [0.15, 0.2) is 55.0 Å². The van der Waals surface area contributed by atoms with Gasteiger partial charge >= 0.3 is 6.09 Å². The zero-order valence-electron chi connectivity index (χ0n) is 20.3. The van der Waals surface area contributed by atoms with Crippen molar-refractivity contribution < 1.29 is 9.53 Å². The van der Waals surface area contributed by atoms with Gasteiger partial charge in [0.05, 0.1) is 12.2 Å². The first-order valence-electron chi connectivity index (χ1n) is 11.9. The number of para-hydroxylation sites is 1. The van der Waals surface area contributed by atoms with Gasteiger partial charge in [-0.1, -0.05) is 18.2 Å². The van der Waals surface area contributed by atoms with Crippen molar-refractivity contribution >= 4 is 22.8 Å². The number of fused-ring (bicyclic) bond motifs is 2. The van der Waals surface area contributed by atoms with Crippen LogP contribution < -0.4 is 5.32 Å². The van der Waals surface area contributed by atoms with Gasteiger partial charge in [-0.05, 0) is 57.4 Å². The minimum absolute atomic E-state index is 0.321. The summed E-state index contributed by atoms with van der Waals surface area (Å²) in [5.41, 5.74) is 4.59. The fourth-order valence-electron chi connectivity index (χ4n) is 4.34. The zero-order chi connectivity index (χ0) is 24.4. The number of benzene rings is 1. The van der Waals surface area contributed by atoms with Crippen LogP contribution >= 0.6 is 0 Å². The van der Waals surface area contributed by atoms with Gasteiger partial charge in [0, 0.05) is 53.7 Å². The van der Waals surface area contributed by atoms with E-state index >= 15 is 0 Å². The molecule has 0 saturated carbocycles. The summed E-state index contributed by atoms with van der Waals surface area (Å²) >= 11 is 0. The van der Waals surface area contributed by atoms with Gasteiger partial charge in [-0.2, -0.15) is 0 Å². The first kappa shape index (κ1) is 22.8. The quantitative estimate of drug-likeness (QED) is 0.428. The second kappa shape index (κ2) is 9.37. The topological polar surface area (TPSA) is 96.0 Å². The normalized spacial score (nSPS) is 13.5. The van der Waals surface area contributed by atoms with Gasteiger partial charge in [0.15, 0.2) is 5.82 Å². The minimum atomic E-state index is -0.543. The van der Waals surface area contributed by atoms with Crippen molar-refractivity contribution in [1.29, 1.82) is 0 Å². The van der Waals surface area contributed by atoms with Gasteiger partial charge in [0.2, 0.25) is 0 Å². The van der Waals surface area contributed by atoms with Gasteiger partial charge in [0.1, 0.15) is 11.4 Å². The van der Waals surface area contributed by atoms with Crippen LogP contribution in [0.5, 0.6) is 0 Å². The molecule has 1 aliphatic rings. The Bertz CT molecular complexity index is 1340. The largest absolute Gasteiger partial charge is 0.444 e. The number of amides is 1. The molecule has 5 rings (SSSR count). The third-order valence-corrected chi connectivity index (χ3v) is 6.00. The molecular weight excluding hydrogens is 440 g/mol. The van der Waals surface area contributed by atoms with E-state index in [9.17, 15) is 4.79 Å². The smallest absolute Gasteiger partial charge is 0.410 e. The van der Waals surface area contributed by atoms with Crippen molar-refractivity contribution in [2.45, 2.75) is 45.8 Å². The molecule has 3 aromatic heterocycles. The Labute approximate surface area is 204 Å². The highest BCUT2D eigenvalue weighted by Gasteiger charge is 2.28. The molecule has 0 atom stereocenters. The maximum atomic E-state index is 12.7. The van der Waals surface area contributed by atoms with Crippen molar-refractivity contribution in [2.75, 3.05) is 18.4 Å². The van der Waals surface area contributed by atoms with Crippen molar-refractivity contribution in [3.63, 3.8) is 0 Å². The van der Waals surface area contributed by atoms with E-state index in [1.54, 1.807) is 17.3 Å². The van der Waals surface area contributed by atoms with Gasteiger partial charge < -0.3 is 19.9 Å². The standard InChI is InChI=1S/C27H30N6O2/c1-27(2,3)35-26(34)33-14-11-21-23(17-33)31-24(19-7-6-12-28-15-19)32-25(21)29-13-10-18-16-30-22-9-5-4-8-20(18)22/h4-9,12,15-16,30H,10-11,13-14,17H2,1-3H3,(H,29,31,32). The molecule has 0 bridgehead atoms. The lowest BCUT2D eigenvalue weighted by Crippen LogP contribution is -2.40. The van der Waals surface area contributed by atoms with Crippen LogP contribution in [0.2, 0.25) is 0 Å². The molecule has 0 aliphatic carbocycles. The fourth-order valence-corrected chi connectivity index (χ4v) is 4.34. The number of ether oxygens (including phenoxy) is 1. The lowest BCUT2D eigenvalue weighted by Gasteiger charge is -2.31. The second-order valence-corrected chi connectivity index (χ2v) is 9.75. The Morgan fingerprint density at radius 3 is 2.83 bits per heavy atom. The van der Waals surface area contributed by atoms with Crippen LogP contribution in [0.1, 0.15) is 37.6 Å². The maximum Gasteiger partial charge on any atom is 0.410 e. The number of H-pyrrole nitrogens is 1. The molecule has 8 nitrogen and oxygen atoms in total. The number of nitrogens with zero attached hydrogens (tertiary/aromatic N) is 4. The summed E-state index contributed by atoms with van der Waals surface area (Å²) < 4.78 is 5.59. The van der Waals surface area contributed by atoms with E-state index in [1.165, 1.54) is 10.9 Å². The van der Waals surface area contributed by atoms with Crippen molar-refractivity contribution in [3.05, 3.63) is 71.8 Å². The molecule has 4 heterocycles. The molecule has 4 aromatic rings.